The molecule has 2 N–H and O–H groups in total. The van der Waals surface area contributed by atoms with Crippen molar-refractivity contribution in [1.29, 1.82) is 0 Å². The molecule has 0 saturated carbocycles. The highest BCUT2D eigenvalue weighted by Gasteiger charge is 2.24. The molecular formula is C13H25NO. The molecule has 1 aliphatic carbocycles. The first-order valence-electron chi connectivity index (χ1n) is 6.23. The lowest BCUT2D eigenvalue weighted by atomic mass is 9.86. The lowest BCUT2D eigenvalue weighted by Gasteiger charge is -2.28. The van der Waals surface area contributed by atoms with Crippen LogP contribution in [0.4, 0.5) is 0 Å². The zero-order chi connectivity index (χ0) is 11.1. The maximum atomic E-state index is 10.4. The van der Waals surface area contributed by atoms with Crippen molar-refractivity contribution in [3.63, 3.8) is 0 Å². The van der Waals surface area contributed by atoms with Crippen molar-refractivity contribution in [3.05, 3.63) is 11.6 Å². The van der Waals surface area contributed by atoms with E-state index < -0.39 is 5.60 Å². The minimum absolute atomic E-state index is 0.597. The summed E-state index contributed by atoms with van der Waals surface area (Å²) in [4.78, 5) is 0. The predicted molar refractivity (Wildman–Crippen MR) is 65.0 cm³/mol. The summed E-state index contributed by atoms with van der Waals surface area (Å²) >= 11 is 0. The molecule has 1 atom stereocenters. The second kappa shape index (κ2) is 6.29. The Kier molecular flexibility index (Phi) is 5.34. The average molecular weight is 211 g/mol. The third kappa shape index (κ3) is 4.35. The maximum absolute atomic E-state index is 10.4. The van der Waals surface area contributed by atoms with Crippen LogP contribution in [0.3, 0.4) is 0 Å². The fourth-order valence-electron chi connectivity index (χ4n) is 2.21. The molecule has 0 aromatic rings. The quantitative estimate of drug-likeness (QED) is 0.701. The van der Waals surface area contributed by atoms with Gasteiger partial charge in [0.1, 0.15) is 0 Å². The molecule has 0 radical (unpaired) electrons. The van der Waals surface area contributed by atoms with E-state index in [4.69, 9.17) is 0 Å². The molecule has 0 aliphatic heterocycles. The number of nitrogens with one attached hydrogen (secondary N) is 1. The van der Waals surface area contributed by atoms with Gasteiger partial charge in [-0.15, -0.1) is 0 Å². The van der Waals surface area contributed by atoms with Gasteiger partial charge in [-0.2, -0.15) is 0 Å². The average Bonchev–Trinajstić information content (AvgIpc) is 2.13. The molecule has 1 aliphatic rings. The van der Waals surface area contributed by atoms with Gasteiger partial charge in [0, 0.05) is 0 Å². The summed E-state index contributed by atoms with van der Waals surface area (Å²) in [7, 11) is 1.93. The van der Waals surface area contributed by atoms with Crippen molar-refractivity contribution >= 4 is 0 Å². The molecule has 0 fully saturated rings. The molecule has 0 heterocycles. The summed E-state index contributed by atoms with van der Waals surface area (Å²) in [6, 6.07) is 0. The molecule has 0 amide bonds. The molecule has 0 spiro atoms. The molecule has 2 nitrogen and oxygen atoms in total. The Morgan fingerprint density at radius 2 is 2.07 bits per heavy atom. The lowest BCUT2D eigenvalue weighted by Crippen LogP contribution is -2.31. The smallest absolute Gasteiger partial charge is 0.0840 e. The van der Waals surface area contributed by atoms with Crippen LogP contribution in [-0.4, -0.2) is 24.3 Å². The van der Waals surface area contributed by atoms with Crippen LogP contribution in [0.1, 0.15) is 51.9 Å². The number of rotatable bonds is 4. The Morgan fingerprint density at radius 1 is 1.33 bits per heavy atom. The molecule has 0 aromatic heterocycles. The molecule has 0 saturated heterocycles. The van der Waals surface area contributed by atoms with Crippen LogP contribution < -0.4 is 5.32 Å². The van der Waals surface area contributed by atoms with Crippen LogP contribution in [0.15, 0.2) is 11.6 Å². The number of hydrogen-bond acceptors (Lipinski definition) is 2. The lowest BCUT2D eigenvalue weighted by molar-refractivity contribution is 0.0848. The van der Waals surface area contributed by atoms with Gasteiger partial charge in [0.2, 0.25) is 0 Å². The second-order valence-corrected chi connectivity index (χ2v) is 4.81. The summed E-state index contributed by atoms with van der Waals surface area (Å²) in [5, 5.41) is 13.5. The van der Waals surface area contributed by atoms with Crippen LogP contribution in [0.2, 0.25) is 0 Å². The number of aliphatic hydroxyl groups is 1. The summed E-state index contributed by atoms with van der Waals surface area (Å²) in [6.07, 6.45) is 10.5. The summed E-state index contributed by atoms with van der Waals surface area (Å²) < 4.78 is 0. The van der Waals surface area contributed by atoms with Gasteiger partial charge in [-0.1, -0.05) is 18.9 Å². The van der Waals surface area contributed by atoms with Gasteiger partial charge < -0.3 is 10.4 Å². The Labute approximate surface area is 93.8 Å². The van der Waals surface area contributed by atoms with E-state index in [0.717, 1.165) is 25.8 Å². The number of allylic oxidation sites excluding steroid dienone is 1. The van der Waals surface area contributed by atoms with Crippen molar-refractivity contribution < 1.29 is 5.11 Å². The van der Waals surface area contributed by atoms with E-state index in [2.05, 4.69) is 11.4 Å². The minimum Gasteiger partial charge on any atom is -0.386 e. The fourth-order valence-corrected chi connectivity index (χ4v) is 2.21. The molecule has 15 heavy (non-hydrogen) atoms. The third-order valence-corrected chi connectivity index (χ3v) is 3.34. The molecule has 2 heteroatoms. The van der Waals surface area contributed by atoms with E-state index in [9.17, 15) is 5.11 Å². The normalized spacial score (nSPS) is 22.5. The second-order valence-electron chi connectivity index (χ2n) is 4.81. The van der Waals surface area contributed by atoms with Crippen LogP contribution in [0.25, 0.3) is 0 Å². The maximum Gasteiger partial charge on any atom is 0.0840 e. The molecule has 0 bridgehead atoms. The summed E-state index contributed by atoms with van der Waals surface area (Å²) in [5.41, 5.74) is 0.665. The van der Waals surface area contributed by atoms with E-state index in [1.54, 1.807) is 0 Å². The Bertz CT molecular complexity index is 209. The SMILES string of the molecule is CNCCC(C)(O)C1=CCCCCCC1. The summed E-state index contributed by atoms with van der Waals surface area (Å²) in [5.74, 6) is 0. The highest BCUT2D eigenvalue weighted by atomic mass is 16.3. The first-order chi connectivity index (χ1) is 7.17. The van der Waals surface area contributed by atoms with Gasteiger partial charge in [0.05, 0.1) is 5.60 Å². The first-order valence-corrected chi connectivity index (χ1v) is 6.23. The largest absolute Gasteiger partial charge is 0.386 e. The van der Waals surface area contributed by atoms with Crippen molar-refractivity contribution in [1.82, 2.24) is 5.32 Å². The van der Waals surface area contributed by atoms with Crippen LogP contribution in [-0.2, 0) is 0 Å². The van der Waals surface area contributed by atoms with E-state index in [1.165, 1.54) is 31.3 Å². The van der Waals surface area contributed by atoms with Gasteiger partial charge in [-0.3, -0.25) is 0 Å². The molecule has 0 aromatic carbocycles. The van der Waals surface area contributed by atoms with Crippen LogP contribution in [0, 0.1) is 0 Å². The Morgan fingerprint density at radius 3 is 2.80 bits per heavy atom. The highest BCUT2D eigenvalue weighted by Crippen LogP contribution is 2.28. The zero-order valence-corrected chi connectivity index (χ0v) is 10.2. The Balaban J connectivity index is 2.56. The van der Waals surface area contributed by atoms with Gasteiger partial charge in [0.25, 0.3) is 0 Å². The van der Waals surface area contributed by atoms with E-state index in [1.807, 2.05) is 14.0 Å². The van der Waals surface area contributed by atoms with Gasteiger partial charge in [-0.25, -0.2) is 0 Å². The monoisotopic (exact) mass is 211 g/mol. The summed E-state index contributed by atoms with van der Waals surface area (Å²) in [6.45, 7) is 2.84. The predicted octanol–water partition coefficient (Wildman–Crippen LogP) is 2.63. The standard InChI is InChI=1S/C13H25NO/c1-13(15,10-11-14-2)12-8-6-4-3-5-7-9-12/h8,14-15H,3-7,9-11H2,1-2H3. The minimum atomic E-state index is -0.597. The van der Waals surface area contributed by atoms with E-state index >= 15 is 0 Å². The van der Waals surface area contributed by atoms with E-state index in [-0.39, 0.29) is 0 Å². The topological polar surface area (TPSA) is 32.3 Å². The number of hydrogen-bond donors (Lipinski definition) is 2. The van der Waals surface area contributed by atoms with Gasteiger partial charge >= 0.3 is 0 Å². The fraction of sp³-hybridized carbons (Fsp3) is 0.846. The highest BCUT2D eigenvalue weighted by molar-refractivity contribution is 5.15. The molecule has 1 unspecified atom stereocenters. The molecule has 1 rings (SSSR count). The van der Waals surface area contributed by atoms with Crippen LogP contribution >= 0.6 is 0 Å². The van der Waals surface area contributed by atoms with E-state index in [0.29, 0.717) is 0 Å². The van der Waals surface area contributed by atoms with Crippen LogP contribution in [0.5, 0.6) is 0 Å². The Hall–Kier alpha value is -0.340. The van der Waals surface area contributed by atoms with Crippen molar-refractivity contribution in [2.75, 3.05) is 13.6 Å². The third-order valence-electron chi connectivity index (χ3n) is 3.34. The zero-order valence-electron chi connectivity index (χ0n) is 10.2. The molecule has 88 valence electrons. The van der Waals surface area contributed by atoms with Gasteiger partial charge in [0.15, 0.2) is 0 Å². The first kappa shape index (κ1) is 12.7. The van der Waals surface area contributed by atoms with Gasteiger partial charge in [-0.05, 0) is 58.2 Å². The van der Waals surface area contributed by atoms with Crippen molar-refractivity contribution in [3.8, 4) is 0 Å². The van der Waals surface area contributed by atoms with Crippen molar-refractivity contribution in [2.45, 2.75) is 57.5 Å². The van der Waals surface area contributed by atoms with Crippen molar-refractivity contribution in [2.24, 2.45) is 0 Å². The molecular weight excluding hydrogens is 186 g/mol.